The number of hydrogen-bond acceptors (Lipinski definition) is 8. The third-order valence-electron chi connectivity index (χ3n) is 2.20. The molecule has 0 aliphatic heterocycles. The standard InChI is InChI=1S/C8H9N5O5S.Na/c14-8(15)4(1-19(16,17)18)13-7-5-6(10-2-9-5)11-3-12-7;/h2-4H,1H2,(H,14,15)(H,16,17,18)(H2,9,10,11,12,13);/q;+1/p-1. The van der Waals surface area contributed by atoms with Crippen LogP contribution in [0.1, 0.15) is 0 Å². The quantitative estimate of drug-likeness (QED) is 0.362. The summed E-state index contributed by atoms with van der Waals surface area (Å²) >= 11 is 0. The molecule has 0 saturated heterocycles. The zero-order valence-corrected chi connectivity index (χ0v) is 13.1. The molecule has 2 rings (SSSR count). The summed E-state index contributed by atoms with van der Waals surface area (Å²) in [6.45, 7) is 0. The van der Waals surface area contributed by atoms with Crippen LogP contribution in [0, 0.1) is 0 Å². The molecule has 0 aliphatic carbocycles. The molecule has 102 valence electrons. The minimum absolute atomic E-state index is 0. The number of rotatable bonds is 5. The van der Waals surface area contributed by atoms with Crippen LogP contribution < -0.4 is 40.0 Å². The van der Waals surface area contributed by atoms with Gasteiger partial charge in [-0.1, -0.05) is 0 Å². The number of carboxylic acid groups (broad SMARTS) is 1. The summed E-state index contributed by atoms with van der Waals surface area (Å²) in [7, 11) is -4.48. The van der Waals surface area contributed by atoms with E-state index in [1.165, 1.54) is 6.33 Å². The average Bonchev–Trinajstić information content (AvgIpc) is 2.75. The van der Waals surface area contributed by atoms with Gasteiger partial charge in [-0.3, -0.25) is 4.55 Å². The molecule has 0 spiro atoms. The van der Waals surface area contributed by atoms with Crippen molar-refractivity contribution in [1.82, 2.24) is 19.9 Å². The molecule has 0 fully saturated rings. The number of carbonyl (C=O) groups is 1. The molecule has 10 nitrogen and oxygen atoms in total. The molecule has 1 atom stereocenters. The van der Waals surface area contributed by atoms with E-state index in [2.05, 4.69) is 25.3 Å². The van der Waals surface area contributed by atoms with Crippen molar-refractivity contribution in [2.75, 3.05) is 11.1 Å². The number of fused-ring (bicyclic) bond motifs is 1. The van der Waals surface area contributed by atoms with Crippen molar-refractivity contribution in [2.45, 2.75) is 6.04 Å². The van der Waals surface area contributed by atoms with E-state index in [9.17, 15) is 18.3 Å². The van der Waals surface area contributed by atoms with Crippen LogP contribution >= 0.6 is 0 Å². The van der Waals surface area contributed by atoms with Gasteiger partial charge in [0.25, 0.3) is 10.1 Å². The van der Waals surface area contributed by atoms with Crippen LogP contribution in [0.4, 0.5) is 5.82 Å². The molecule has 2 aromatic heterocycles. The number of H-pyrrole nitrogens is 1. The van der Waals surface area contributed by atoms with Crippen LogP contribution in [0.3, 0.4) is 0 Å². The molecule has 0 radical (unpaired) electrons. The fraction of sp³-hybridized carbons (Fsp3) is 0.250. The molecule has 0 aliphatic rings. The Bertz CT molecular complexity index is 717. The van der Waals surface area contributed by atoms with E-state index in [0.29, 0.717) is 5.52 Å². The number of hydrogen-bond donors (Lipinski definition) is 3. The van der Waals surface area contributed by atoms with Gasteiger partial charge >= 0.3 is 29.6 Å². The number of nitrogens with zero attached hydrogens (tertiary/aromatic N) is 3. The maximum atomic E-state index is 10.8. The summed E-state index contributed by atoms with van der Waals surface area (Å²) in [5.41, 5.74) is 0.588. The maximum absolute atomic E-state index is 10.8. The third-order valence-corrected chi connectivity index (χ3v) is 2.95. The largest absolute Gasteiger partial charge is 1.00 e. The van der Waals surface area contributed by atoms with E-state index < -0.39 is 27.9 Å². The molecule has 0 aromatic carbocycles. The number of carbonyl (C=O) groups excluding carboxylic acids is 1. The van der Waals surface area contributed by atoms with Crippen molar-refractivity contribution >= 4 is 33.1 Å². The predicted octanol–water partition coefficient (Wildman–Crippen LogP) is -5.22. The second kappa shape index (κ2) is 6.45. The van der Waals surface area contributed by atoms with Crippen LogP contribution in [0.25, 0.3) is 11.2 Å². The number of aromatic nitrogens is 4. The Hall–Kier alpha value is -1.27. The summed E-state index contributed by atoms with van der Waals surface area (Å²) in [6, 6.07) is -1.66. The number of imidazole rings is 1. The van der Waals surface area contributed by atoms with Gasteiger partial charge < -0.3 is 20.2 Å². The second-order valence-electron chi connectivity index (χ2n) is 3.59. The molecule has 2 heterocycles. The molecule has 12 heteroatoms. The molecular weight excluding hydrogens is 301 g/mol. The van der Waals surface area contributed by atoms with Gasteiger partial charge in [0.1, 0.15) is 17.6 Å². The van der Waals surface area contributed by atoms with E-state index in [4.69, 9.17) is 4.55 Å². The Balaban J connectivity index is 0.00000200. The average molecular weight is 309 g/mol. The third kappa shape index (κ3) is 4.11. The second-order valence-corrected chi connectivity index (χ2v) is 5.09. The number of nitrogens with one attached hydrogen (secondary N) is 2. The van der Waals surface area contributed by atoms with Crippen molar-refractivity contribution < 1.29 is 52.4 Å². The summed E-state index contributed by atoms with van der Waals surface area (Å²) in [4.78, 5) is 24.9. The number of aromatic amines is 1. The van der Waals surface area contributed by atoms with Crippen molar-refractivity contribution in [1.29, 1.82) is 0 Å². The van der Waals surface area contributed by atoms with Gasteiger partial charge in [0.2, 0.25) is 0 Å². The van der Waals surface area contributed by atoms with Gasteiger partial charge in [-0.2, -0.15) is 8.42 Å². The first-order chi connectivity index (χ1) is 8.87. The van der Waals surface area contributed by atoms with E-state index >= 15 is 0 Å². The van der Waals surface area contributed by atoms with E-state index in [-0.39, 0.29) is 41.0 Å². The molecule has 20 heavy (non-hydrogen) atoms. The molecule has 3 N–H and O–H groups in total. The summed E-state index contributed by atoms with van der Waals surface area (Å²) in [5, 5.41) is 13.2. The minimum atomic E-state index is -4.48. The predicted molar refractivity (Wildman–Crippen MR) is 60.5 cm³/mol. The topological polar surface area (TPSA) is 161 Å². The van der Waals surface area contributed by atoms with Crippen molar-refractivity contribution in [3.8, 4) is 0 Å². The summed E-state index contributed by atoms with van der Waals surface area (Å²) in [6.07, 6.45) is 2.45. The normalized spacial score (nSPS) is 12.7. The number of carboxylic acids is 1. The Kier molecular flexibility index (Phi) is 5.42. The Morgan fingerprint density at radius 3 is 2.75 bits per heavy atom. The minimum Gasteiger partial charge on any atom is -0.548 e. The smallest absolute Gasteiger partial charge is 0.548 e. The SMILES string of the molecule is O=C([O-])C(CS(=O)(=O)O)Nc1ncnc2nc[nH]c12.[Na+]. The van der Waals surface area contributed by atoms with Crippen LogP contribution in [-0.2, 0) is 14.9 Å². The summed E-state index contributed by atoms with van der Waals surface area (Å²) in [5.74, 6) is -2.70. The fourth-order valence-corrected chi connectivity index (χ4v) is 2.06. The molecule has 0 amide bonds. The molecule has 0 saturated carbocycles. The van der Waals surface area contributed by atoms with Crippen molar-refractivity contribution in [3.63, 3.8) is 0 Å². The van der Waals surface area contributed by atoms with Crippen LogP contribution in [-0.4, -0.2) is 50.7 Å². The molecular formula is C8H8N5NaO5S. The maximum Gasteiger partial charge on any atom is 1.00 e. The van der Waals surface area contributed by atoms with Gasteiger partial charge in [-0.15, -0.1) is 0 Å². The zero-order valence-electron chi connectivity index (χ0n) is 10.3. The van der Waals surface area contributed by atoms with Gasteiger partial charge in [-0.05, 0) is 0 Å². The van der Waals surface area contributed by atoms with Gasteiger partial charge in [0.15, 0.2) is 11.5 Å². The van der Waals surface area contributed by atoms with Crippen LogP contribution in [0.2, 0.25) is 0 Å². The summed E-state index contributed by atoms with van der Waals surface area (Å²) < 4.78 is 30.1. The fourth-order valence-electron chi connectivity index (χ4n) is 1.42. The van der Waals surface area contributed by atoms with Gasteiger partial charge in [-0.25, -0.2) is 15.0 Å². The van der Waals surface area contributed by atoms with Gasteiger partial charge in [0, 0.05) is 0 Å². The van der Waals surface area contributed by atoms with Crippen LogP contribution in [0.5, 0.6) is 0 Å². The van der Waals surface area contributed by atoms with Crippen LogP contribution in [0.15, 0.2) is 12.7 Å². The first-order valence-electron chi connectivity index (χ1n) is 4.93. The van der Waals surface area contributed by atoms with E-state index in [1.54, 1.807) is 0 Å². The number of anilines is 1. The molecule has 0 bridgehead atoms. The molecule has 2 aromatic rings. The first-order valence-corrected chi connectivity index (χ1v) is 6.54. The zero-order chi connectivity index (χ0) is 14.0. The first kappa shape index (κ1) is 16.8. The number of aliphatic carboxylic acids is 1. The Labute approximate surface area is 135 Å². The van der Waals surface area contributed by atoms with E-state index in [0.717, 1.165) is 6.33 Å². The van der Waals surface area contributed by atoms with Crippen molar-refractivity contribution in [3.05, 3.63) is 12.7 Å². The van der Waals surface area contributed by atoms with E-state index in [1.807, 2.05) is 0 Å². The Morgan fingerprint density at radius 1 is 1.45 bits per heavy atom. The van der Waals surface area contributed by atoms with Gasteiger partial charge in [0.05, 0.1) is 18.3 Å². The van der Waals surface area contributed by atoms with Crippen molar-refractivity contribution in [2.24, 2.45) is 0 Å². The Morgan fingerprint density at radius 2 is 2.15 bits per heavy atom. The molecule has 1 unspecified atom stereocenters. The monoisotopic (exact) mass is 309 g/mol.